The van der Waals surface area contributed by atoms with Crippen molar-refractivity contribution in [3.8, 4) is 6.07 Å². The van der Waals surface area contributed by atoms with Crippen LogP contribution in [0.15, 0.2) is 18.2 Å². The Balaban J connectivity index is 3.24. The number of hydrogen-bond acceptors (Lipinski definition) is 2. The van der Waals surface area contributed by atoms with E-state index in [9.17, 15) is 13.2 Å². The number of rotatable bonds is 3. The van der Waals surface area contributed by atoms with E-state index >= 15 is 0 Å². The molecule has 1 rings (SSSR count). The van der Waals surface area contributed by atoms with Crippen LogP contribution < -0.4 is 4.90 Å². The third-order valence-electron chi connectivity index (χ3n) is 3.09. The Hall–Kier alpha value is -1.70. The van der Waals surface area contributed by atoms with Gasteiger partial charge in [0.25, 0.3) is 0 Å². The first-order valence-electron chi connectivity index (χ1n) is 5.65. The molecule has 0 fully saturated rings. The van der Waals surface area contributed by atoms with E-state index in [-0.39, 0.29) is 11.6 Å². The molecular weight excluding hydrogens is 241 g/mol. The standard InChI is InChI=1S/C13H15F3N2/c1-4-9(2)18(3)11-6-5-10(8-17)12(7-11)13(14,15)16/h5-7,9H,4H2,1-3H3. The normalized spacial score (nSPS) is 12.9. The summed E-state index contributed by atoms with van der Waals surface area (Å²) in [4.78, 5) is 1.77. The van der Waals surface area contributed by atoms with Gasteiger partial charge in [-0.3, -0.25) is 0 Å². The second kappa shape index (κ2) is 5.30. The maximum atomic E-state index is 12.8. The fraction of sp³-hybridized carbons (Fsp3) is 0.462. The first-order chi connectivity index (χ1) is 8.31. The van der Waals surface area contributed by atoms with Gasteiger partial charge in [0, 0.05) is 18.8 Å². The van der Waals surface area contributed by atoms with Crippen LogP contribution in [0.1, 0.15) is 31.4 Å². The van der Waals surface area contributed by atoms with Crippen LogP contribution in [-0.4, -0.2) is 13.1 Å². The fourth-order valence-corrected chi connectivity index (χ4v) is 1.61. The highest BCUT2D eigenvalue weighted by molar-refractivity contribution is 5.54. The minimum absolute atomic E-state index is 0.138. The molecule has 0 amide bonds. The molecule has 5 heteroatoms. The van der Waals surface area contributed by atoms with Crippen LogP contribution in [0.25, 0.3) is 0 Å². The minimum Gasteiger partial charge on any atom is -0.372 e. The Morgan fingerprint density at radius 2 is 2.00 bits per heavy atom. The lowest BCUT2D eigenvalue weighted by Gasteiger charge is -2.27. The van der Waals surface area contributed by atoms with Gasteiger partial charge in [0.05, 0.1) is 17.2 Å². The summed E-state index contributed by atoms with van der Waals surface area (Å²) in [6, 6.07) is 5.50. The van der Waals surface area contributed by atoms with Crippen molar-refractivity contribution in [3.05, 3.63) is 29.3 Å². The first kappa shape index (κ1) is 14.4. The molecule has 0 aliphatic rings. The monoisotopic (exact) mass is 256 g/mol. The predicted molar refractivity (Wildman–Crippen MR) is 64.3 cm³/mol. The van der Waals surface area contributed by atoms with Gasteiger partial charge in [0.2, 0.25) is 0 Å². The van der Waals surface area contributed by atoms with Crippen molar-refractivity contribution in [1.82, 2.24) is 0 Å². The Kier molecular flexibility index (Phi) is 4.23. The molecule has 1 unspecified atom stereocenters. The van der Waals surface area contributed by atoms with Gasteiger partial charge in [0.15, 0.2) is 0 Å². The molecule has 0 aliphatic heterocycles. The summed E-state index contributed by atoms with van der Waals surface area (Å²) < 4.78 is 38.4. The van der Waals surface area contributed by atoms with Crippen molar-refractivity contribution in [2.45, 2.75) is 32.5 Å². The topological polar surface area (TPSA) is 27.0 Å². The SMILES string of the molecule is CCC(C)N(C)c1ccc(C#N)c(C(F)(F)F)c1. The molecular formula is C13H15F3N2. The Labute approximate surface area is 105 Å². The Morgan fingerprint density at radius 3 is 2.44 bits per heavy atom. The minimum atomic E-state index is -4.50. The number of anilines is 1. The lowest BCUT2D eigenvalue weighted by atomic mass is 10.1. The molecule has 0 N–H and O–H groups in total. The summed E-state index contributed by atoms with van der Waals surface area (Å²) in [5.41, 5.74) is -0.753. The van der Waals surface area contributed by atoms with Crippen molar-refractivity contribution in [3.63, 3.8) is 0 Å². The Bertz CT molecular complexity index is 460. The average Bonchev–Trinajstić information content (AvgIpc) is 2.35. The number of alkyl halides is 3. The Morgan fingerprint density at radius 1 is 1.39 bits per heavy atom. The maximum absolute atomic E-state index is 12.8. The maximum Gasteiger partial charge on any atom is 0.417 e. The van der Waals surface area contributed by atoms with Crippen LogP contribution in [0.4, 0.5) is 18.9 Å². The van der Waals surface area contributed by atoms with Gasteiger partial charge in [-0.25, -0.2) is 0 Å². The highest BCUT2D eigenvalue weighted by Crippen LogP contribution is 2.34. The van der Waals surface area contributed by atoms with Crippen molar-refractivity contribution < 1.29 is 13.2 Å². The van der Waals surface area contributed by atoms with Crippen LogP contribution >= 0.6 is 0 Å². The molecule has 0 aliphatic carbocycles. The zero-order valence-corrected chi connectivity index (χ0v) is 10.5. The molecule has 0 bridgehead atoms. The van der Waals surface area contributed by atoms with Gasteiger partial charge in [-0.2, -0.15) is 18.4 Å². The largest absolute Gasteiger partial charge is 0.417 e. The van der Waals surface area contributed by atoms with Crippen molar-refractivity contribution in [2.75, 3.05) is 11.9 Å². The van der Waals surface area contributed by atoms with Crippen LogP contribution in [-0.2, 0) is 6.18 Å². The summed E-state index contributed by atoms with van der Waals surface area (Å²) in [7, 11) is 1.75. The molecule has 0 saturated heterocycles. The van der Waals surface area contributed by atoms with E-state index in [1.807, 2.05) is 13.8 Å². The number of nitriles is 1. The zero-order valence-electron chi connectivity index (χ0n) is 10.5. The van der Waals surface area contributed by atoms with Gasteiger partial charge in [0.1, 0.15) is 0 Å². The van der Waals surface area contributed by atoms with Gasteiger partial charge >= 0.3 is 6.18 Å². The summed E-state index contributed by atoms with van der Waals surface area (Å²) in [6.07, 6.45) is -3.67. The van der Waals surface area contributed by atoms with E-state index in [0.29, 0.717) is 5.69 Å². The zero-order chi connectivity index (χ0) is 13.9. The van der Waals surface area contributed by atoms with Crippen molar-refractivity contribution in [2.24, 2.45) is 0 Å². The third kappa shape index (κ3) is 2.95. The number of halogens is 3. The van der Waals surface area contributed by atoms with Crippen LogP contribution in [0, 0.1) is 11.3 Å². The van der Waals surface area contributed by atoms with E-state index in [4.69, 9.17) is 5.26 Å². The molecule has 1 aromatic rings. The second-order valence-corrected chi connectivity index (χ2v) is 4.21. The van der Waals surface area contributed by atoms with Crippen molar-refractivity contribution in [1.29, 1.82) is 5.26 Å². The predicted octanol–water partition coefficient (Wildman–Crippen LogP) is 3.81. The summed E-state index contributed by atoms with van der Waals surface area (Å²) in [5, 5.41) is 8.70. The molecule has 0 spiro atoms. The van der Waals surface area contributed by atoms with E-state index in [1.165, 1.54) is 6.07 Å². The van der Waals surface area contributed by atoms with Crippen LogP contribution in [0.5, 0.6) is 0 Å². The number of benzene rings is 1. The van der Waals surface area contributed by atoms with Crippen LogP contribution in [0.3, 0.4) is 0 Å². The summed E-state index contributed by atoms with van der Waals surface area (Å²) in [5.74, 6) is 0. The molecule has 18 heavy (non-hydrogen) atoms. The van der Waals surface area contributed by atoms with E-state index < -0.39 is 11.7 Å². The lowest BCUT2D eigenvalue weighted by Crippen LogP contribution is -2.28. The van der Waals surface area contributed by atoms with Gasteiger partial charge < -0.3 is 4.90 Å². The smallest absolute Gasteiger partial charge is 0.372 e. The third-order valence-corrected chi connectivity index (χ3v) is 3.09. The van der Waals surface area contributed by atoms with E-state index in [1.54, 1.807) is 24.1 Å². The molecule has 1 atom stereocenters. The van der Waals surface area contributed by atoms with Gasteiger partial charge in [-0.05, 0) is 31.5 Å². The molecule has 0 saturated carbocycles. The van der Waals surface area contributed by atoms with Gasteiger partial charge in [-0.1, -0.05) is 6.92 Å². The molecule has 0 heterocycles. The van der Waals surface area contributed by atoms with E-state index in [2.05, 4.69) is 0 Å². The van der Waals surface area contributed by atoms with Crippen LogP contribution in [0.2, 0.25) is 0 Å². The average molecular weight is 256 g/mol. The number of hydrogen-bond donors (Lipinski definition) is 0. The van der Waals surface area contributed by atoms with E-state index in [0.717, 1.165) is 12.5 Å². The first-order valence-corrected chi connectivity index (χ1v) is 5.65. The highest BCUT2D eigenvalue weighted by atomic mass is 19.4. The molecule has 0 radical (unpaired) electrons. The molecule has 2 nitrogen and oxygen atoms in total. The number of nitrogens with zero attached hydrogens (tertiary/aromatic N) is 2. The lowest BCUT2D eigenvalue weighted by molar-refractivity contribution is -0.137. The molecule has 0 aromatic heterocycles. The molecule has 98 valence electrons. The summed E-state index contributed by atoms with van der Waals surface area (Å²) in [6.45, 7) is 3.90. The quantitative estimate of drug-likeness (QED) is 0.822. The van der Waals surface area contributed by atoms with Crippen molar-refractivity contribution >= 4 is 5.69 Å². The molecule has 1 aromatic carbocycles. The fourth-order valence-electron chi connectivity index (χ4n) is 1.61. The second-order valence-electron chi connectivity index (χ2n) is 4.21. The van der Waals surface area contributed by atoms with Gasteiger partial charge in [-0.15, -0.1) is 0 Å². The summed E-state index contributed by atoms with van der Waals surface area (Å²) >= 11 is 0. The highest BCUT2D eigenvalue weighted by Gasteiger charge is 2.34.